The molecule has 1 aliphatic heterocycles. The minimum atomic E-state index is 0.515. The summed E-state index contributed by atoms with van der Waals surface area (Å²) in [6, 6.07) is 0.515. The normalized spacial score (nSPS) is 24.1. The first kappa shape index (κ1) is 9.90. The van der Waals surface area contributed by atoms with Crippen molar-refractivity contribution in [2.24, 2.45) is 0 Å². The average molecular weight is 187 g/mol. The van der Waals surface area contributed by atoms with Gasteiger partial charge in [0, 0.05) is 24.1 Å². The Kier molecular flexibility index (Phi) is 4.51. The van der Waals surface area contributed by atoms with Crippen LogP contribution in [0.15, 0.2) is 0 Å². The Morgan fingerprint density at radius 2 is 2.50 bits per heavy atom. The lowest BCUT2D eigenvalue weighted by Crippen LogP contribution is -2.41. The second-order valence-electron chi connectivity index (χ2n) is 3.21. The van der Waals surface area contributed by atoms with E-state index in [9.17, 15) is 4.79 Å². The highest BCUT2D eigenvalue weighted by atomic mass is 32.2. The molecule has 1 amide bonds. The molecule has 0 aliphatic carbocycles. The van der Waals surface area contributed by atoms with Crippen molar-refractivity contribution in [2.45, 2.75) is 32.2 Å². The van der Waals surface area contributed by atoms with Gasteiger partial charge in [-0.15, -0.1) is 0 Å². The van der Waals surface area contributed by atoms with Gasteiger partial charge in [0.15, 0.2) is 0 Å². The number of rotatable bonds is 4. The summed E-state index contributed by atoms with van der Waals surface area (Å²) in [5.41, 5.74) is 0. The zero-order valence-electron chi connectivity index (χ0n) is 7.66. The fourth-order valence-corrected chi connectivity index (χ4v) is 2.63. The van der Waals surface area contributed by atoms with Crippen molar-refractivity contribution in [3.05, 3.63) is 0 Å². The lowest BCUT2D eigenvalue weighted by molar-refractivity contribution is -0.119. The van der Waals surface area contributed by atoms with Crippen LogP contribution in [0.5, 0.6) is 0 Å². The minimum absolute atomic E-state index is 0.515. The molecule has 1 saturated heterocycles. The van der Waals surface area contributed by atoms with Crippen molar-refractivity contribution in [3.63, 3.8) is 0 Å². The molecule has 0 aromatic heterocycles. The van der Waals surface area contributed by atoms with E-state index in [-0.39, 0.29) is 0 Å². The molecule has 1 heterocycles. The van der Waals surface area contributed by atoms with E-state index in [1.54, 1.807) is 0 Å². The smallest absolute Gasteiger partial charge is 0.210 e. The summed E-state index contributed by atoms with van der Waals surface area (Å²) in [5, 5.41) is 0. The van der Waals surface area contributed by atoms with Gasteiger partial charge in [0.2, 0.25) is 6.41 Å². The van der Waals surface area contributed by atoms with Crippen LogP contribution in [0.2, 0.25) is 0 Å². The van der Waals surface area contributed by atoms with Gasteiger partial charge in [-0.1, -0.05) is 19.8 Å². The molecule has 0 saturated carbocycles. The lowest BCUT2D eigenvalue weighted by atomic mass is 10.1. The highest BCUT2D eigenvalue weighted by molar-refractivity contribution is 7.99. The zero-order chi connectivity index (χ0) is 8.81. The second-order valence-corrected chi connectivity index (χ2v) is 4.36. The highest BCUT2D eigenvalue weighted by Crippen LogP contribution is 2.18. The van der Waals surface area contributed by atoms with E-state index in [0.29, 0.717) is 6.04 Å². The Balaban J connectivity index is 2.31. The summed E-state index contributed by atoms with van der Waals surface area (Å²) in [7, 11) is 0. The highest BCUT2D eigenvalue weighted by Gasteiger charge is 2.19. The monoisotopic (exact) mass is 187 g/mol. The van der Waals surface area contributed by atoms with Gasteiger partial charge in [0.25, 0.3) is 0 Å². The van der Waals surface area contributed by atoms with E-state index in [4.69, 9.17) is 0 Å². The quantitative estimate of drug-likeness (QED) is 0.625. The molecule has 0 aromatic rings. The number of unbranched alkanes of at least 4 members (excludes halogenated alkanes) is 1. The molecular formula is C9H17NOS. The third-order valence-corrected chi connectivity index (χ3v) is 3.39. The molecule has 0 bridgehead atoms. The van der Waals surface area contributed by atoms with E-state index >= 15 is 0 Å². The van der Waals surface area contributed by atoms with Gasteiger partial charge < -0.3 is 4.90 Å². The van der Waals surface area contributed by atoms with E-state index in [2.05, 4.69) is 6.92 Å². The molecule has 1 fully saturated rings. The van der Waals surface area contributed by atoms with Crippen molar-refractivity contribution in [1.29, 1.82) is 0 Å². The topological polar surface area (TPSA) is 20.3 Å². The van der Waals surface area contributed by atoms with Crippen molar-refractivity contribution in [3.8, 4) is 0 Å². The first-order valence-electron chi connectivity index (χ1n) is 4.67. The maximum atomic E-state index is 10.7. The SMILES string of the molecule is CCCCC1CSCCN1C=O. The van der Waals surface area contributed by atoms with Gasteiger partial charge >= 0.3 is 0 Å². The van der Waals surface area contributed by atoms with Crippen LogP contribution in [0.3, 0.4) is 0 Å². The molecule has 1 aliphatic rings. The Hall–Kier alpha value is -0.180. The molecule has 1 rings (SSSR count). The summed E-state index contributed by atoms with van der Waals surface area (Å²) in [5.74, 6) is 2.25. The summed E-state index contributed by atoms with van der Waals surface area (Å²) >= 11 is 1.97. The van der Waals surface area contributed by atoms with Crippen molar-refractivity contribution < 1.29 is 4.79 Å². The number of thioether (sulfide) groups is 1. The predicted octanol–water partition coefficient (Wildman–Crippen LogP) is 1.75. The molecule has 0 N–H and O–H groups in total. The Bertz CT molecular complexity index is 140. The van der Waals surface area contributed by atoms with Gasteiger partial charge in [0.1, 0.15) is 0 Å². The number of hydrogen-bond acceptors (Lipinski definition) is 2. The summed E-state index contributed by atoms with van der Waals surface area (Å²) in [6.45, 7) is 3.14. The first-order chi connectivity index (χ1) is 5.88. The van der Waals surface area contributed by atoms with Gasteiger partial charge in [-0.3, -0.25) is 4.79 Å². The largest absolute Gasteiger partial charge is 0.341 e. The maximum Gasteiger partial charge on any atom is 0.210 e. The van der Waals surface area contributed by atoms with Crippen LogP contribution in [0.25, 0.3) is 0 Å². The number of carbonyl (C=O) groups is 1. The molecule has 12 heavy (non-hydrogen) atoms. The van der Waals surface area contributed by atoms with Crippen LogP contribution < -0.4 is 0 Å². The number of hydrogen-bond donors (Lipinski definition) is 0. The van der Waals surface area contributed by atoms with Crippen LogP contribution in [-0.4, -0.2) is 35.4 Å². The Morgan fingerprint density at radius 1 is 1.67 bits per heavy atom. The predicted molar refractivity (Wildman–Crippen MR) is 53.4 cm³/mol. The van der Waals surface area contributed by atoms with E-state index in [1.807, 2.05) is 16.7 Å². The number of amides is 1. The molecule has 3 heteroatoms. The molecule has 0 radical (unpaired) electrons. The van der Waals surface area contributed by atoms with E-state index in [0.717, 1.165) is 24.5 Å². The lowest BCUT2D eigenvalue weighted by Gasteiger charge is -2.32. The van der Waals surface area contributed by atoms with Crippen molar-refractivity contribution in [2.75, 3.05) is 18.1 Å². The van der Waals surface area contributed by atoms with E-state index in [1.165, 1.54) is 19.3 Å². The van der Waals surface area contributed by atoms with Crippen LogP contribution in [0, 0.1) is 0 Å². The number of carbonyl (C=O) groups excluding carboxylic acids is 1. The minimum Gasteiger partial charge on any atom is -0.341 e. The Labute approximate surface area is 78.7 Å². The molecule has 0 aromatic carbocycles. The molecule has 0 spiro atoms. The third-order valence-electron chi connectivity index (χ3n) is 2.30. The second kappa shape index (κ2) is 5.46. The fourth-order valence-electron chi connectivity index (χ4n) is 1.50. The van der Waals surface area contributed by atoms with Crippen LogP contribution in [0.4, 0.5) is 0 Å². The van der Waals surface area contributed by atoms with Crippen LogP contribution in [0.1, 0.15) is 26.2 Å². The summed E-state index contributed by atoms with van der Waals surface area (Å²) in [6.07, 6.45) is 4.67. The van der Waals surface area contributed by atoms with E-state index < -0.39 is 0 Å². The fraction of sp³-hybridized carbons (Fsp3) is 0.889. The summed E-state index contributed by atoms with van der Waals surface area (Å²) in [4.78, 5) is 12.6. The molecule has 70 valence electrons. The Morgan fingerprint density at radius 3 is 3.17 bits per heavy atom. The molecule has 1 atom stereocenters. The molecular weight excluding hydrogens is 170 g/mol. The van der Waals surface area contributed by atoms with Gasteiger partial charge in [-0.05, 0) is 6.42 Å². The van der Waals surface area contributed by atoms with Gasteiger partial charge in [-0.25, -0.2) is 0 Å². The third kappa shape index (κ3) is 2.70. The van der Waals surface area contributed by atoms with Crippen molar-refractivity contribution in [1.82, 2.24) is 4.90 Å². The van der Waals surface area contributed by atoms with Crippen LogP contribution in [-0.2, 0) is 4.79 Å². The number of nitrogens with zero attached hydrogens (tertiary/aromatic N) is 1. The maximum absolute atomic E-state index is 10.7. The standard InChI is InChI=1S/C9H17NOS/c1-2-3-4-9-7-12-6-5-10(9)8-11/h8-9H,2-7H2,1H3. The van der Waals surface area contributed by atoms with Gasteiger partial charge in [0.05, 0.1) is 0 Å². The molecule has 1 unspecified atom stereocenters. The average Bonchev–Trinajstić information content (AvgIpc) is 2.15. The first-order valence-corrected chi connectivity index (χ1v) is 5.82. The van der Waals surface area contributed by atoms with Crippen LogP contribution >= 0.6 is 11.8 Å². The van der Waals surface area contributed by atoms with Gasteiger partial charge in [-0.2, -0.15) is 11.8 Å². The van der Waals surface area contributed by atoms with Crippen molar-refractivity contribution >= 4 is 18.2 Å². The summed E-state index contributed by atoms with van der Waals surface area (Å²) < 4.78 is 0. The molecule has 2 nitrogen and oxygen atoms in total. The zero-order valence-corrected chi connectivity index (χ0v) is 8.48.